The Hall–Kier alpha value is -4.89. The number of amides is 1. The summed E-state index contributed by atoms with van der Waals surface area (Å²) in [5, 5.41) is 23.3. The quantitative estimate of drug-likeness (QED) is 0.0176. The largest absolute Gasteiger partial charge is 0.521 e. The minimum absolute atomic E-state index is 0.126. The van der Waals surface area contributed by atoms with E-state index in [2.05, 4.69) is 106 Å². The van der Waals surface area contributed by atoms with Crippen LogP contribution in [-0.2, 0) is 55.1 Å². The fraction of sp³-hybridized carbons (Fsp3) is 0.515. The number of carboxylic acids is 1. The van der Waals surface area contributed by atoms with Gasteiger partial charge < -0.3 is 32.6 Å². The minimum atomic E-state index is -3.54. The lowest BCUT2D eigenvalue weighted by atomic mass is 10.0. The normalized spacial score (nSPS) is 12.1. The van der Waals surface area contributed by atoms with E-state index >= 15 is 0 Å². The molecule has 7 aromatic rings. The molecule has 0 unspecified atom stereocenters. The maximum atomic E-state index is 14.6. The molecular weight excluding hydrogens is 1130 g/mol. The highest BCUT2D eigenvalue weighted by atomic mass is 32.1. The van der Waals surface area contributed by atoms with Crippen molar-refractivity contribution in [3.63, 3.8) is 0 Å². The monoisotopic (exact) mass is 1220 g/mol. The van der Waals surface area contributed by atoms with Crippen LogP contribution in [0.4, 0.5) is 0 Å². The molecule has 1 amide bonds. The van der Waals surface area contributed by atoms with Gasteiger partial charge in [0.25, 0.3) is 5.91 Å². The van der Waals surface area contributed by atoms with E-state index in [4.69, 9.17) is 18.0 Å². The van der Waals surface area contributed by atoms with Gasteiger partial charge in [0, 0.05) is 87.2 Å². The number of fused-ring (bicyclic) bond motifs is 3. The van der Waals surface area contributed by atoms with E-state index in [0.29, 0.717) is 0 Å². The number of ether oxygens (including phenoxy) is 1. The van der Waals surface area contributed by atoms with Crippen molar-refractivity contribution in [1.29, 1.82) is 5.26 Å². The maximum absolute atomic E-state index is 14.6. The molecule has 0 aliphatic heterocycles. The van der Waals surface area contributed by atoms with Gasteiger partial charge in [0.15, 0.2) is 0 Å². The van der Waals surface area contributed by atoms with Crippen molar-refractivity contribution >= 4 is 93.9 Å². The number of carboxylic acid groups (broad SMARTS) is 1. The zero-order valence-electron chi connectivity index (χ0n) is 51.1. The zero-order chi connectivity index (χ0) is 59.3. The van der Waals surface area contributed by atoms with E-state index in [1.807, 2.05) is 54.8 Å². The van der Waals surface area contributed by atoms with E-state index < -0.39 is 27.2 Å². The summed E-state index contributed by atoms with van der Waals surface area (Å²) in [4.78, 5) is 38.1. The Morgan fingerprint density at radius 2 is 1.02 bits per heavy atom. The molecule has 2 aromatic carbocycles. The fourth-order valence-electron chi connectivity index (χ4n) is 11.3. The molecule has 1 N–H and O–H groups in total. The molecule has 5 heterocycles. The second kappa shape index (κ2) is 33.1. The van der Waals surface area contributed by atoms with Gasteiger partial charge in [-0.05, 0) is 168 Å². The van der Waals surface area contributed by atoms with E-state index in [9.17, 15) is 20.0 Å². The molecular formula is C68H91N3O7S4Si. The van der Waals surface area contributed by atoms with Gasteiger partial charge in [-0.25, -0.2) is 0 Å². The van der Waals surface area contributed by atoms with Crippen LogP contribution in [0.5, 0.6) is 5.75 Å². The summed E-state index contributed by atoms with van der Waals surface area (Å²) in [6.45, 7) is 17.8. The average molecular weight is 1220 g/mol. The highest BCUT2D eigenvalue weighted by Gasteiger charge is 2.45. The molecule has 448 valence electrons. The van der Waals surface area contributed by atoms with E-state index in [1.54, 1.807) is 24.5 Å². The summed E-state index contributed by atoms with van der Waals surface area (Å²) in [5.41, 5.74) is 8.92. The third-order valence-electron chi connectivity index (χ3n) is 15.5. The molecule has 15 heteroatoms. The van der Waals surface area contributed by atoms with Crippen LogP contribution >= 0.6 is 45.3 Å². The number of aryl methyl sites for hydroxylation is 5. The Morgan fingerprint density at radius 1 is 0.578 bits per heavy atom. The lowest BCUT2D eigenvalue weighted by Gasteiger charge is -2.33. The molecule has 0 saturated carbocycles. The number of methoxy groups -OCH3 is 1. The Balaban J connectivity index is 1.35. The highest BCUT2D eigenvalue weighted by Crippen LogP contribution is 2.50. The summed E-state index contributed by atoms with van der Waals surface area (Å²) in [6.07, 6.45) is 23.9. The van der Waals surface area contributed by atoms with Crippen LogP contribution in [0.2, 0.25) is 0 Å². The number of rotatable bonds is 38. The molecule has 0 radical (unpaired) electrons. The van der Waals surface area contributed by atoms with E-state index in [-0.39, 0.29) is 31.6 Å². The second-order valence-corrected chi connectivity index (χ2v) is 28.5. The molecule has 0 saturated heterocycles. The Kier molecular flexibility index (Phi) is 26.2. The van der Waals surface area contributed by atoms with Gasteiger partial charge in [-0.3, -0.25) is 9.59 Å². The number of benzene rings is 2. The van der Waals surface area contributed by atoms with Crippen molar-refractivity contribution in [3.05, 3.63) is 93.4 Å². The predicted octanol–water partition coefficient (Wildman–Crippen LogP) is 19.6. The van der Waals surface area contributed by atoms with Gasteiger partial charge in [0.1, 0.15) is 23.9 Å². The number of aromatic nitrogens is 1. The van der Waals surface area contributed by atoms with Crippen molar-refractivity contribution in [2.24, 2.45) is 0 Å². The van der Waals surface area contributed by atoms with Gasteiger partial charge in [-0.1, -0.05) is 111 Å². The number of hydrogen-bond acceptors (Lipinski definition) is 11. The van der Waals surface area contributed by atoms with Crippen molar-refractivity contribution < 1.29 is 32.7 Å². The van der Waals surface area contributed by atoms with E-state index in [0.717, 1.165) is 110 Å². The maximum Gasteiger partial charge on any atom is 0.521 e. The minimum Gasteiger partial charge on any atom is -0.497 e. The number of aliphatic carboxylic acids is 1. The molecule has 0 atom stereocenters. The topological polar surface area (TPSA) is 123 Å². The first-order chi connectivity index (χ1) is 40.4. The molecule has 5 aromatic heterocycles. The first-order valence-corrected chi connectivity index (χ1v) is 36.3. The molecule has 0 spiro atoms. The van der Waals surface area contributed by atoms with Crippen molar-refractivity contribution in [1.82, 2.24) is 9.47 Å². The standard InChI is InChI=1S/C68H91N3O7S4Si/c1-10-18-22-26-30-48-39-61(79-59(48)43-53(45-69)68(74)70(46-64(72)73)47-83(76-15-6,77-16-7)78-17-8)65-51(32-28-24-20-12-3)41-63(81-65)67-52(33-29-25-21-13-4)42-62(82-67)66-50(31-27-23-19-11-2)40-60(80-66)49-34-36-57-55(38-49)56-44-54(75-9)35-37-58(56)71(57)14-5/h34-44H,10-33,46-47H2,1-9H3,(H,72,73)/b53-43+. The number of thiophene rings is 4. The Morgan fingerprint density at radius 3 is 1.48 bits per heavy atom. The molecule has 0 aliphatic rings. The Labute approximate surface area is 512 Å². The predicted molar refractivity (Wildman–Crippen MR) is 355 cm³/mol. The zero-order valence-corrected chi connectivity index (χ0v) is 55.4. The van der Waals surface area contributed by atoms with Gasteiger partial charge in [0.05, 0.1) is 13.3 Å². The number of carbonyl (C=O) groups excluding carboxylic acids is 1. The molecule has 0 bridgehead atoms. The van der Waals surface area contributed by atoms with Gasteiger partial charge >= 0.3 is 14.8 Å². The van der Waals surface area contributed by atoms with Gasteiger partial charge in [-0.15, -0.1) is 45.3 Å². The summed E-state index contributed by atoms with van der Waals surface area (Å²) in [6, 6.07) is 25.5. The summed E-state index contributed by atoms with van der Waals surface area (Å²) >= 11 is 7.46. The van der Waals surface area contributed by atoms with E-state index in [1.165, 1.54) is 125 Å². The number of carbonyl (C=O) groups is 2. The number of hydrogen-bond donors (Lipinski definition) is 1. The van der Waals surface area contributed by atoms with Crippen LogP contribution in [0.3, 0.4) is 0 Å². The van der Waals surface area contributed by atoms with Gasteiger partial charge in [-0.2, -0.15) is 5.26 Å². The third-order valence-corrected chi connectivity index (χ3v) is 23.7. The second-order valence-electron chi connectivity index (χ2n) is 21.7. The Bertz CT molecular complexity index is 3260. The highest BCUT2D eigenvalue weighted by molar-refractivity contribution is 7.29. The molecule has 83 heavy (non-hydrogen) atoms. The van der Waals surface area contributed by atoms with Crippen molar-refractivity contribution in [2.75, 3.05) is 39.6 Å². The first-order valence-electron chi connectivity index (χ1n) is 31.1. The van der Waals surface area contributed by atoms with Gasteiger partial charge in [0.2, 0.25) is 0 Å². The fourth-order valence-corrected chi connectivity index (χ4v) is 19.1. The van der Waals surface area contributed by atoms with Crippen LogP contribution in [-0.4, -0.2) is 74.9 Å². The molecule has 0 aliphatic carbocycles. The van der Waals surface area contributed by atoms with Crippen molar-refractivity contribution in [3.8, 4) is 51.5 Å². The van der Waals surface area contributed by atoms with Crippen LogP contribution in [0, 0.1) is 11.3 Å². The van der Waals surface area contributed by atoms with Crippen LogP contribution in [0.1, 0.15) is 185 Å². The van der Waals surface area contributed by atoms with Crippen molar-refractivity contribution in [2.45, 2.75) is 190 Å². The molecule has 10 nitrogen and oxygen atoms in total. The lowest BCUT2D eigenvalue weighted by Crippen LogP contribution is -2.57. The molecule has 0 fully saturated rings. The summed E-state index contributed by atoms with van der Waals surface area (Å²) < 4.78 is 26.3. The number of unbranched alkanes of at least 4 members (excludes halogenated alkanes) is 12. The summed E-state index contributed by atoms with van der Waals surface area (Å²) in [7, 11) is -1.79. The summed E-state index contributed by atoms with van der Waals surface area (Å²) in [5.74, 6) is -1.01. The van der Waals surface area contributed by atoms with Crippen LogP contribution < -0.4 is 4.74 Å². The number of nitriles is 1. The first kappa shape index (κ1) is 65.6. The SMILES string of the molecule is CCCCCCc1cc(-c2sc(-c3sc(-c4sc(-c5ccc6c(c5)c5cc(OC)ccc5n6CC)cc4CCCCCC)cc3CCCCCC)cc2CCCCCC)sc1/C=C(\C#N)C(=O)N(CC(=O)O)C[Si](OCC)(OCC)OCC. The number of nitrogens with zero attached hydrogens (tertiary/aromatic N) is 3. The molecule has 7 rings (SSSR count). The lowest BCUT2D eigenvalue weighted by molar-refractivity contribution is -0.142. The van der Waals surface area contributed by atoms with Crippen LogP contribution in [0.15, 0.2) is 66.2 Å². The average Bonchev–Trinajstić information content (AvgIpc) is 3.41. The third kappa shape index (κ3) is 17.0. The van der Waals surface area contributed by atoms with Crippen LogP contribution in [0.25, 0.3) is 67.6 Å². The smallest absolute Gasteiger partial charge is 0.497 e.